The van der Waals surface area contributed by atoms with Gasteiger partial charge in [0.15, 0.2) is 0 Å². The number of thioether (sulfide) groups is 1. The minimum absolute atomic E-state index is 0.351. The van der Waals surface area contributed by atoms with Gasteiger partial charge in [0, 0.05) is 4.90 Å². The van der Waals surface area contributed by atoms with Crippen LogP contribution in [-0.2, 0) is 4.74 Å². The topological polar surface area (TPSA) is 26.3 Å². The number of benzene rings is 1. The summed E-state index contributed by atoms with van der Waals surface area (Å²) in [4.78, 5) is 12.1. The first-order chi connectivity index (χ1) is 7.42. The normalized spacial score (nSPS) is 11.2. The highest BCUT2D eigenvalue weighted by atomic mass is 35.6. The summed E-state index contributed by atoms with van der Waals surface area (Å²) in [5.74, 6) is -0.354. The van der Waals surface area contributed by atoms with Crippen LogP contribution in [0.3, 0.4) is 0 Å². The van der Waals surface area contributed by atoms with E-state index >= 15 is 0 Å². The lowest BCUT2D eigenvalue weighted by atomic mass is 10.2. The Balaban J connectivity index is 2.72. The predicted octanol–water partition coefficient (Wildman–Crippen LogP) is 4.28. The van der Waals surface area contributed by atoms with Crippen LogP contribution < -0.4 is 0 Å². The molecule has 0 saturated carbocycles. The molecule has 0 fully saturated rings. The van der Waals surface area contributed by atoms with Gasteiger partial charge in [0.2, 0.25) is 3.12 Å². The molecule has 88 valence electrons. The van der Waals surface area contributed by atoms with Crippen molar-refractivity contribution in [3.8, 4) is 0 Å². The number of alkyl halides is 3. The van der Waals surface area contributed by atoms with Crippen molar-refractivity contribution in [1.82, 2.24) is 0 Å². The Morgan fingerprint density at radius 2 is 1.88 bits per heavy atom. The van der Waals surface area contributed by atoms with Gasteiger partial charge in [0.1, 0.15) is 0 Å². The fraction of sp³-hybridized carbons (Fsp3) is 0.300. The van der Waals surface area contributed by atoms with E-state index in [1.807, 2.05) is 0 Å². The Morgan fingerprint density at radius 1 is 1.31 bits per heavy atom. The van der Waals surface area contributed by atoms with E-state index in [-0.39, 0.29) is 5.97 Å². The maximum absolute atomic E-state index is 11.3. The molecule has 0 spiro atoms. The van der Waals surface area contributed by atoms with Gasteiger partial charge < -0.3 is 4.74 Å². The summed E-state index contributed by atoms with van der Waals surface area (Å²) in [5.41, 5.74) is 0.482. The van der Waals surface area contributed by atoms with Crippen LogP contribution in [-0.4, -0.2) is 15.7 Å². The number of esters is 1. The summed E-state index contributed by atoms with van der Waals surface area (Å²) < 4.78 is 3.45. The van der Waals surface area contributed by atoms with E-state index in [0.717, 1.165) is 16.7 Å². The third-order valence-electron chi connectivity index (χ3n) is 1.60. The third-order valence-corrected chi connectivity index (χ3v) is 3.03. The maximum atomic E-state index is 11.3. The Morgan fingerprint density at radius 3 is 2.31 bits per heavy atom. The van der Waals surface area contributed by atoms with Crippen LogP contribution in [0.4, 0.5) is 0 Å². The predicted molar refractivity (Wildman–Crippen MR) is 68.5 cm³/mol. The van der Waals surface area contributed by atoms with Crippen LogP contribution in [0.1, 0.15) is 17.3 Å². The van der Waals surface area contributed by atoms with E-state index in [4.69, 9.17) is 39.5 Å². The number of hydrogen-bond acceptors (Lipinski definition) is 3. The van der Waals surface area contributed by atoms with E-state index in [1.54, 1.807) is 31.2 Å². The minimum atomic E-state index is -1.40. The first-order valence-corrected chi connectivity index (χ1v) is 6.40. The highest BCUT2D eigenvalue weighted by molar-refractivity contribution is 8.04. The van der Waals surface area contributed by atoms with Gasteiger partial charge in [-0.2, -0.15) is 0 Å². The third kappa shape index (κ3) is 4.83. The van der Waals surface area contributed by atoms with E-state index in [0.29, 0.717) is 12.2 Å². The molecule has 1 rings (SSSR count). The van der Waals surface area contributed by atoms with E-state index in [2.05, 4.69) is 0 Å². The molecule has 1 aromatic carbocycles. The fourth-order valence-corrected chi connectivity index (χ4v) is 2.35. The summed E-state index contributed by atoms with van der Waals surface area (Å²) in [7, 11) is 0. The van der Waals surface area contributed by atoms with E-state index in [9.17, 15) is 4.79 Å². The van der Waals surface area contributed by atoms with Crippen molar-refractivity contribution in [3.63, 3.8) is 0 Å². The molecular formula is C10H9Cl3O2S. The SMILES string of the molecule is CCOC(=O)c1ccc(SC(Cl)(Cl)Cl)cc1. The van der Waals surface area contributed by atoms with Gasteiger partial charge in [-0.25, -0.2) is 4.79 Å². The van der Waals surface area contributed by atoms with Crippen molar-refractivity contribution in [2.75, 3.05) is 6.61 Å². The number of hydrogen-bond donors (Lipinski definition) is 0. The molecule has 2 nitrogen and oxygen atoms in total. The maximum Gasteiger partial charge on any atom is 0.338 e. The number of rotatable bonds is 3. The molecule has 0 unspecified atom stereocenters. The van der Waals surface area contributed by atoms with Crippen LogP contribution in [0, 0.1) is 0 Å². The highest BCUT2D eigenvalue weighted by Crippen LogP contribution is 2.43. The smallest absolute Gasteiger partial charge is 0.338 e. The molecule has 0 heterocycles. The lowest BCUT2D eigenvalue weighted by Crippen LogP contribution is -2.04. The first kappa shape index (κ1) is 14.0. The molecule has 16 heavy (non-hydrogen) atoms. The zero-order chi connectivity index (χ0) is 12.2. The Bertz CT molecular complexity index is 359. The zero-order valence-corrected chi connectivity index (χ0v) is 11.5. The van der Waals surface area contributed by atoms with Gasteiger partial charge in [0.05, 0.1) is 12.2 Å². The molecule has 0 aliphatic carbocycles. The van der Waals surface area contributed by atoms with Crippen LogP contribution in [0.25, 0.3) is 0 Å². The molecule has 6 heteroatoms. The second kappa shape index (κ2) is 6.01. The molecule has 0 bridgehead atoms. The molecule has 1 aromatic rings. The van der Waals surface area contributed by atoms with Gasteiger partial charge in [0.25, 0.3) is 0 Å². The van der Waals surface area contributed by atoms with Crippen molar-refractivity contribution < 1.29 is 9.53 Å². The average Bonchev–Trinajstić information content (AvgIpc) is 2.16. The summed E-state index contributed by atoms with van der Waals surface area (Å²) in [6, 6.07) is 6.69. The minimum Gasteiger partial charge on any atom is -0.462 e. The molecular weight excluding hydrogens is 291 g/mol. The molecule has 0 radical (unpaired) electrons. The van der Waals surface area contributed by atoms with Crippen molar-refractivity contribution in [2.24, 2.45) is 0 Å². The van der Waals surface area contributed by atoms with Gasteiger partial charge in [-0.1, -0.05) is 46.6 Å². The summed E-state index contributed by atoms with van der Waals surface area (Å²) in [6.45, 7) is 2.11. The number of ether oxygens (including phenoxy) is 1. The number of carbonyl (C=O) groups excluding carboxylic acids is 1. The van der Waals surface area contributed by atoms with E-state index < -0.39 is 3.12 Å². The first-order valence-electron chi connectivity index (χ1n) is 4.45. The number of carbonyl (C=O) groups is 1. The second-order valence-corrected chi connectivity index (χ2v) is 7.03. The van der Waals surface area contributed by atoms with Gasteiger partial charge in [-0.05, 0) is 31.2 Å². The molecule has 0 amide bonds. The molecule has 0 aliphatic heterocycles. The van der Waals surface area contributed by atoms with Gasteiger partial charge >= 0.3 is 5.97 Å². The van der Waals surface area contributed by atoms with Crippen LogP contribution in [0.15, 0.2) is 29.2 Å². The van der Waals surface area contributed by atoms with Crippen LogP contribution in [0.2, 0.25) is 0 Å². The molecule has 0 aliphatic rings. The standard InChI is InChI=1S/C10H9Cl3O2S/c1-2-15-9(14)7-3-5-8(6-4-7)16-10(11,12)13/h3-6H,2H2,1H3. The monoisotopic (exact) mass is 298 g/mol. The lowest BCUT2D eigenvalue weighted by molar-refractivity contribution is 0.0526. The van der Waals surface area contributed by atoms with Gasteiger partial charge in [-0.3, -0.25) is 0 Å². The average molecular weight is 300 g/mol. The summed E-state index contributed by atoms with van der Waals surface area (Å²) in [5, 5.41) is 0. The molecule has 0 atom stereocenters. The summed E-state index contributed by atoms with van der Waals surface area (Å²) in [6.07, 6.45) is 0. The van der Waals surface area contributed by atoms with Gasteiger partial charge in [-0.15, -0.1) is 0 Å². The molecule has 0 saturated heterocycles. The van der Waals surface area contributed by atoms with Crippen molar-refractivity contribution in [2.45, 2.75) is 14.9 Å². The Labute approximate surface area is 113 Å². The van der Waals surface area contributed by atoms with Crippen molar-refractivity contribution in [3.05, 3.63) is 29.8 Å². The summed E-state index contributed by atoms with van der Waals surface area (Å²) >= 11 is 17.9. The largest absolute Gasteiger partial charge is 0.462 e. The second-order valence-electron chi connectivity index (χ2n) is 2.79. The zero-order valence-electron chi connectivity index (χ0n) is 8.38. The van der Waals surface area contributed by atoms with Crippen LogP contribution >= 0.6 is 46.6 Å². The quantitative estimate of drug-likeness (QED) is 0.473. The van der Waals surface area contributed by atoms with Crippen molar-refractivity contribution >= 4 is 52.5 Å². The van der Waals surface area contributed by atoms with E-state index in [1.165, 1.54) is 0 Å². The Kier molecular flexibility index (Phi) is 5.25. The number of halogens is 3. The lowest BCUT2D eigenvalue weighted by Gasteiger charge is -2.10. The van der Waals surface area contributed by atoms with Crippen molar-refractivity contribution in [1.29, 1.82) is 0 Å². The molecule has 0 aromatic heterocycles. The Hall–Kier alpha value is -0.0900. The van der Waals surface area contributed by atoms with Crippen LogP contribution in [0.5, 0.6) is 0 Å². The molecule has 0 N–H and O–H groups in total. The highest BCUT2D eigenvalue weighted by Gasteiger charge is 2.21. The fourth-order valence-electron chi connectivity index (χ4n) is 1.01.